The molecule has 7 nitrogen and oxygen atoms in total. The van der Waals surface area contributed by atoms with Crippen LogP contribution in [0.15, 0.2) is 43.7 Å². The lowest BCUT2D eigenvalue weighted by molar-refractivity contribution is -0.164. The molecule has 35 heavy (non-hydrogen) atoms. The van der Waals surface area contributed by atoms with Gasteiger partial charge in [0.2, 0.25) is 0 Å². The van der Waals surface area contributed by atoms with Gasteiger partial charge in [0.15, 0.2) is 0 Å². The van der Waals surface area contributed by atoms with Crippen molar-refractivity contribution in [1.29, 1.82) is 0 Å². The van der Waals surface area contributed by atoms with Crippen LogP contribution in [0.5, 0.6) is 0 Å². The van der Waals surface area contributed by atoms with Gasteiger partial charge in [0, 0.05) is 0 Å². The highest BCUT2D eigenvalue weighted by Crippen LogP contribution is 2.34. The van der Waals surface area contributed by atoms with E-state index < -0.39 is 34.5 Å². The molecule has 0 N–H and O–H groups in total. The van der Waals surface area contributed by atoms with Crippen LogP contribution in [0.1, 0.15) is 65.7 Å². The Bertz CT molecular complexity index is 1350. The zero-order valence-electron chi connectivity index (χ0n) is 21.5. The number of thiophene rings is 1. The van der Waals surface area contributed by atoms with Crippen LogP contribution in [0, 0.1) is 6.92 Å². The number of rotatable bonds is 7. The van der Waals surface area contributed by atoms with Crippen molar-refractivity contribution in [3.63, 3.8) is 0 Å². The van der Waals surface area contributed by atoms with E-state index in [1.54, 1.807) is 25.3 Å². The van der Waals surface area contributed by atoms with Crippen LogP contribution in [0.3, 0.4) is 0 Å². The fourth-order valence-corrected chi connectivity index (χ4v) is 5.55. The number of hydrogen-bond donors (Lipinski definition) is 0. The second-order valence-corrected chi connectivity index (χ2v) is 12.7. The predicted molar refractivity (Wildman–Crippen MR) is 143 cm³/mol. The van der Waals surface area contributed by atoms with Gasteiger partial charge >= 0.3 is 11.7 Å². The Morgan fingerprint density at radius 2 is 1.69 bits per heavy atom. The molecule has 0 saturated carbocycles. The molecule has 3 aromatic rings. The number of aryl methyl sites for hydroxylation is 1. The van der Waals surface area contributed by atoms with Gasteiger partial charge in [-0.15, -0.1) is 11.3 Å². The zero-order chi connectivity index (χ0) is 26.3. The van der Waals surface area contributed by atoms with Crippen LogP contribution in [0.2, 0.25) is 0 Å². The Labute approximate surface area is 217 Å². The molecule has 0 saturated heterocycles. The summed E-state index contributed by atoms with van der Waals surface area (Å²) < 4.78 is 15.1. The molecule has 0 aliphatic heterocycles. The van der Waals surface area contributed by atoms with Gasteiger partial charge in [-0.05, 0) is 82.4 Å². The fourth-order valence-electron chi connectivity index (χ4n) is 3.86. The maximum absolute atomic E-state index is 13.9. The molecule has 1 aromatic carbocycles. The van der Waals surface area contributed by atoms with Gasteiger partial charge < -0.3 is 9.47 Å². The summed E-state index contributed by atoms with van der Waals surface area (Å²) in [6.07, 6.45) is -0.527. The molecule has 0 radical (unpaired) electrons. The topological polar surface area (TPSA) is 79.5 Å². The number of benzene rings is 1. The highest BCUT2D eigenvalue weighted by Gasteiger charge is 2.39. The molecule has 0 spiro atoms. The number of esters is 1. The van der Waals surface area contributed by atoms with Gasteiger partial charge in [-0.2, -0.15) is 0 Å². The van der Waals surface area contributed by atoms with Crippen molar-refractivity contribution in [2.24, 2.45) is 0 Å². The summed E-state index contributed by atoms with van der Waals surface area (Å²) in [5, 5.41) is 0.398. The number of halogens is 1. The molecule has 2 heterocycles. The van der Waals surface area contributed by atoms with E-state index in [0.717, 1.165) is 19.5 Å². The number of carbonyl (C=O) groups excluding carboxylic acids is 1. The molecular formula is C26H33BrN2O5S. The number of hydrogen-bond acceptors (Lipinski definition) is 6. The summed E-state index contributed by atoms with van der Waals surface area (Å²) >= 11 is 4.85. The number of nitrogens with zero attached hydrogens (tertiary/aromatic N) is 2. The normalized spacial score (nSPS) is 13.4. The van der Waals surface area contributed by atoms with E-state index >= 15 is 0 Å². The Hall–Kier alpha value is -2.23. The van der Waals surface area contributed by atoms with Crippen molar-refractivity contribution in [2.75, 3.05) is 0 Å². The van der Waals surface area contributed by atoms with Gasteiger partial charge in [-0.3, -0.25) is 9.36 Å². The van der Waals surface area contributed by atoms with E-state index in [0.29, 0.717) is 10.2 Å². The Morgan fingerprint density at radius 1 is 1.09 bits per heavy atom. The summed E-state index contributed by atoms with van der Waals surface area (Å²) in [4.78, 5) is 41.3. The average Bonchev–Trinajstić information content (AvgIpc) is 3.03. The molecular weight excluding hydrogens is 532 g/mol. The minimum absolute atomic E-state index is 0.0904. The first kappa shape index (κ1) is 27.4. The van der Waals surface area contributed by atoms with E-state index in [4.69, 9.17) is 9.47 Å². The molecule has 190 valence electrons. The van der Waals surface area contributed by atoms with E-state index in [1.807, 2.05) is 51.1 Å². The Balaban J connectivity index is 2.29. The fraction of sp³-hybridized carbons (Fsp3) is 0.500. The van der Waals surface area contributed by atoms with E-state index in [1.165, 1.54) is 25.2 Å². The molecule has 3 rings (SSSR count). The van der Waals surface area contributed by atoms with Crippen LogP contribution in [-0.2, 0) is 26.4 Å². The lowest BCUT2D eigenvalue weighted by Crippen LogP contribution is -2.54. The zero-order valence-corrected chi connectivity index (χ0v) is 23.9. The standard InChI is InChI=1S/C26H33BrN2O5S/c1-15(2)33-18(17-12-10-9-11-13-17)14-28-22-19(16(3)20(27)35-22)21(30)29(24(28)32)26(7,8)23(31)34-25(4,5)6/h9-13,15,18H,14H2,1-8H3/t18-/m0/s1. The van der Waals surface area contributed by atoms with Crippen molar-refractivity contribution in [1.82, 2.24) is 9.13 Å². The minimum atomic E-state index is -1.53. The second-order valence-electron chi connectivity index (χ2n) is 10.4. The molecule has 0 amide bonds. The third-order valence-electron chi connectivity index (χ3n) is 5.57. The maximum Gasteiger partial charge on any atom is 0.333 e. The van der Waals surface area contributed by atoms with Crippen molar-refractivity contribution in [3.8, 4) is 0 Å². The lowest BCUT2D eigenvalue weighted by Gasteiger charge is -2.30. The average molecular weight is 566 g/mol. The number of aromatic nitrogens is 2. The first-order valence-corrected chi connectivity index (χ1v) is 13.1. The number of carbonyl (C=O) groups is 1. The Kier molecular flexibility index (Phi) is 7.84. The van der Waals surface area contributed by atoms with Crippen molar-refractivity contribution < 1.29 is 14.3 Å². The molecule has 0 unspecified atom stereocenters. The monoisotopic (exact) mass is 564 g/mol. The van der Waals surface area contributed by atoms with Gasteiger partial charge in [-0.1, -0.05) is 30.3 Å². The quantitative estimate of drug-likeness (QED) is 0.352. The first-order chi connectivity index (χ1) is 16.1. The third-order valence-corrected chi connectivity index (χ3v) is 7.75. The van der Waals surface area contributed by atoms with Gasteiger partial charge in [0.1, 0.15) is 22.1 Å². The maximum atomic E-state index is 13.9. The summed E-state index contributed by atoms with van der Waals surface area (Å²) in [5.74, 6) is -0.653. The van der Waals surface area contributed by atoms with E-state index in [9.17, 15) is 14.4 Å². The van der Waals surface area contributed by atoms with Crippen LogP contribution < -0.4 is 11.2 Å². The SMILES string of the molecule is Cc1c(Br)sc2c1c(=O)n(C(C)(C)C(=O)OC(C)(C)C)c(=O)n2C[C@H](OC(C)C)c1ccccc1. The van der Waals surface area contributed by atoms with Crippen LogP contribution in [0.4, 0.5) is 0 Å². The number of ether oxygens (including phenoxy) is 2. The van der Waals surface area contributed by atoms with Crippen molar-refractivity contribution in [2.45, 2.75) is 85.3 Å². The van der Waals surface area contributed by atoms with Gasteiger partial charge in [0.25, 0.3) is 5.56 Å². The van der Waals surface area contributed by atoms with Crippen LogP contribution in [0.25, 0.3) is 10.2 Å². The first-order valence-electron chi connectivity index (χ1n) is 11.5. The van der Waals surface area contributed by atoms with Crippen molar-refractivity contribution >= 4 is 43.5 Å². The molecule has 0 bridgehead atoms. The summed E-state index contributed by atoms with van der Waals surface area (Å²) in [6, 6.07) is 9.66. The van der Waals surface area contributed by atoms with Gasteiger partial charge in [-0.25, -0.2) is 14.2 Å². The Morgan fingerprint density at radius 3 is 2.23 bits per heavy atom. The molecule has 0 aliphatic carbocycles. The molecule has 0 fully saturated rings. The summed E-state index contributed by atoms with van der Waals surface area (Å²) in [7, 11) is 0. The second kappa shape index (κ2) is 10.0. The molecule has 2 aromatic heterocycles. The lowest BCUT2D eigenvalue weighted by atomic mass is 10.0. The van der Waals surface area contributed by atoms with E-state index in [-0.39, 0.29) is 12.6 Å². The third kappa shape index (κ3) is 5.62. The van der Waals surface area contributed by atoms with Crippen molar-refractivity contribution in [3.05, 3.63) is 66.1 Å². The molecule has 1 atom stereocenters. The summed E-state index contributed by atoms with van der Waals surface area (Å²) in [6.45, 7) is 14.2. The molecule has 9 heteroatoms. The number of fused-ring (bicyclic) bond motifs is 1. The highest BCUT2D eigenvalue weighted by molar-refractivity contribution is 9.11. The predicted octanol–water partition coefficient (Wildman–Crippen LogP) is 5.54. The largest absolute Gasteiger partial charge is 0.458 e. The summed E-state index contributed by atoms with van der Waals surface area (Å²) in [5.41, 5.74) is -1.76. The van der Waals surface area contributed by atoms with E-state index in [2.05, 4.69) is 15.9 Å². The van der Waals surface area contributed by atoms with Gasteiger partial charge in [0.05, 0.1) is 21.8 Å². The highest BCUT2D eigenvalue weighted by atomic mass is 79.9. The van der Waals surface area contributed by atoms with Crippen LogP contribution >= 0.6 is 27.3 Å². The molecule has 0 aliphatic rings. The van der Waals surface area contributed by atoms with Crippen LogP contribution in [-0.4, -0.2) is 26.8 Å². The smallest absolute Gasteiger partial charge is 0.333 e. The minimum Gasteiger partial charge on any atom is -0.458 e.